The molecule has 3 nitrogen and oxygen atoms in total. The number of carbonyl (C=O) groups is 1. The van der Waals surface area contributed by atoms with Gasteiger partial charge in [0.25, 0.3) is 0 Å². The first-order valence-corrected chi connectivity index (χ1v) is 4.49. The van der Waals surface area contributed by atoms with Gasteiger partial charge in [0.1, 0.15) is 6.04 Å². The van der Waals surface area contributed by atoms with Crippen molar-refractivity contribution in [3.8, 4) is 0 Å². The molecule has 0 bridgehead atoms. The van der Waals surface area contributed by atoms with Crippen LogP contribution in [0.15, 0.2) is 30.3 Å². The maximum absolute atomic E-state index is 11.2. The van der Waals surface area contributed by atoms with Crippen molar-refractivity contribution in [1.29, 1.82) is 0 Å². The normalized spacial score (nSPS) is 12.1. The Balaban J connectivity index is 2.49. The number of hydrogen-bond donors (Lipinski definition) is 1. The number of carbonyl (C=O) groups excluding carboxylic acids is 1. The second-order valence-electron chi connectivity index (χ2n) is 2.96. The Labute approximate surface area is 83.9 Å². The first kappa shape index (κ1) is 10.7. The highest BCUT2D eigenvalue weighted by Gasteiger charge is 2.14. The van der Waals surface area contributed by atoms with Gasteiger partial charge in [0.05, 0.1) is 6.61 Å². The molecule has 0 aliphatic rings. The minimum Gasteiger partial charge on any atom is -0.465 e. The van der Waals surface area contributed by atoms with E-state index in [9.17, 15) is 4.79 Å². The molecule has 3 heteroatoms. The van der Waals surface area contributed by atoms with Gasteiger partial charge in [-0.15, -0.1) is 0 Å². The topological polar surface area (TPSA) is 52.3 Å². The number of ether oxygens (including phenoxy) is 1. The van der Waals surface area contributed by atoms with Crippen LogP contribution in [0.4, 0.5) is 0 Å². The summed E-state index contributed by atoms with van der Waals surface area (Å²) < 4.78 is 4.70. The molecular formula is C11H14NO2. The Kier molecular flexibility index (Phi) is 4.13. The van der Waals surface area contributed by atoms with E-state index in [2.05, 4.69) is 6.92 Å². The van der Waals surface area contributed by atoms with E-state index in [0.29, 0.717) is 6.42 Å². The first-order chi connectivity index (χ1) is 6.74. The van der Waals surface area contributed by atoms with Gasteiger partial charge in [0.15, 0.2) is 0 Å². The molecule has 1 aromatic rings. The predicted octanol–water partition coefficient (Wildman–Crippen LogP) is 0.934. The molecule has 1 rings (SSSR count). The van der Waals surface area contributed by atoms with Crippen LogP contribution in [0.3, 0.4) is 0 Å². The molecule has 0 aliphatic heterocycles. The van der Waals surface area contributed by atoms with Crippen molar-refractivity contribution >= 4 is 5.97 Å². The third-order valence-corrected chi connectivity index (χ3v) is 1.85. The molecule has 0 saturated heterocycles. The summed E-state index contributed by atoms with van der Waals surface area (Å²) in [6, 6.07) is 9.00. The van der Waals surface area contributed by atoms with Crippen molar-refractivity contribution < 1.29 is 9.53 Å². The van der Waals surface area contributed by atoms with Crippen LogP contribution >= 0.6 is 0 Å². The van der Waals surface area contributed by atoms with Crippen molar-refractivity contribution in [3.05, 3.63) is 42.8 Å². The van der Waals surface area contributed by atoms with Crippen LogP contribution in [-0.4, -0.2) is 18.6 Å². The van der Waals surface area contributed by atoms with Crippen LogP contribution in [0, 0.1) is 6.92 Å². The fourth-order valence-electron chi connectivity index (χ4n) is 1.16. The van der Waals surface area contributed by atoms with Gasteiger partial charge in [-0.05, 0) is 18.9 Å². The highest BCUT2D eigenvalue weighted by Crippen LogP contribution is 2.02. The van der Waals surface area contributed by atoms with Gasteiger partial charge in [-0.25, -0.2) is 0 Å². The van der Waals surface area contributed by atoms with Gasteiger partial charge in [-0.2, -0.15) is 0 Å². The van der Waals surface area contributed by atoms with E-state index in [1.807, 2.05) is 30.3 Å². The first-order valence-electron chi connectivity index (χ1n) is 4.49. The molecule has 0 heterocycles. The van der Waals surface area contributed by atoms with Crippen LogP contribution in [0.1, 0.15) is 5.56 Å². The van der Waals surface area contributed by atoms with E-state index in [0.717, 1.165) is 5.56 Å². The summed E-state index contributed by atoms with van der Waals surface area (Å²) in [6.45, 7) is 3.54. The molecule has 0 spiro atoms. The van der Waals surface area contributed by atoms with E-state index in [1.165, 1.54) is 0 Å². The van der Waals surface area contributed by atoms with Crippen molar-refractivity contribution in [1.82, 2.24) is 0 Å². The zero-order valence-corrected chi connectivity index (χ0v) is 7.98. The lowest BCUT2D eigenvalue weighted by molar-refractivity contribution is -0.143. The van der Waals surface area contributed by atoms with E-state index >= 15 is 0 Å². The van der Waals surface area contributed by atoms with Gasteiger partial charge in [0.2, 0.25) is 0 Å². The number of benzene rings is 1. The van der Waals surface area contributed by atoms with E-state index in [-0.39, 0.29) is 6.61 Å². The summed E-state index contributed by atoms with van der Waals surface area (Å²) >= 11 is 0. The third kappa shape index (κ3) is 3.18. The Morgan fingerprint density at radius 1 is 1.43 bits per heavy atom. The lowest BCUT2D eigenvalue weighted by Gasteiger charge is -2.09. The lowest BCUT2D eigenvalue weighted by atomic mass is 10.1. The second-order valence-corrected chi connectivity index (χ2v) is 2.96. The summed E-state index contributed by atoms with van der Waals surface area (Å²) in [6.07, 6.45) is 0.500. The summed E-state index contributed by atoms with van der Waals surface area (Å²) in [5, 5.41) is 0. The smallest absolute Gasteiger partial charge is 0.323 e. The van der Waals surface area contributed by atoms with Crippen LogP contribution in [0.25, 0.3) is 0 Å². The van der Waals surface area contributed by atoms with E-state index in [1.54, 1.807) is 0 Å². The highest BCUT2D eigenvalue weighted by molar-refractivity contribution is 5.75. The van der Waals surface area contributed by atoms with Crippen LogP contribution in [-0.2, 0) is 16.0 Å². The molecular weight excluding hydrogens is 178 g/mol. The van der Waals surface area contributed by atoms with Gasteiger partial charge in [-0.1, -0.05) is 30.3 Å². The lowest BCUT2D eigenvalue weighted by Crippen LogP contribution is -2.34. The average Bonchev–Trinajstić information content (AvgIpc) is 2.19. The minimum atomic E-state index is -0.598. The Morgan fingerprint density at radius 2 is 2.07 bits per heavy atom. The quantitative estimate of drug-likeness (QED) is 0.722. The molecule has 0 amide bonds. The summed E-state index contributed by atoms with van der Waals surface area (Å²) in [5.74, 6) is -0.399. The predicted molar refractivity (Wildman–Crippen MR) is 54.4 cm³/mol. The highest BCUT2D eigenvalue weighted by atomic mass is 16.5. The van der Waals surface area contributed by atoms with Crippen molar-refractivity contribution in [3.63, 3.8) is 0 Å². The molecule has 14 heavy (non-hydrogen) atoms. The monoisotopic (exact) mass is 192 g/mol. The van der Waals surface area contributed by atoms with Crippen LogP contribution in [0.2, 0.25) is 0 Å². The van der Waals surface area contributed by atoms with E-state index in [4.69, 9.17) is 10.5 Å². The summed E-state index contributed by atoms with van der Waals surface area (Å²) in [4.78, 5) is 11.2. The summed E-state index contributed by atoms with van der Waals surface area (Å²) in [7, 11) is 0. The largest absolute Gasteiger partial charge is 0.465 e. The molecule has 1 unspecified atom stereocenters. The van der Waals surface area contributed by atoms with Crippen molar-refractivity contribution in [2.75, 3.05) is 6.61 Å². The second kappa shape index (κ2) is 5.40. The third-order valence-electron chi connectivity index (χ3n) is 1.85. The Bertz CT molecular complexity index is 285. The molecule has 0 aliphatic carbocycles. The van der Waals surface area contributed by atoms with E-state index < -0.39 is 12.0 Å². The maximum atomic E-state index is 11.2. The molecule has 2 N–H and O–H groups in total. The molecule has 1 aromatic carbocycles. The molecule has 0 fully saturated rings. The van der Waals surface area contributed by atoms with Gasteiger partial charge in [-0.3, -0.25) is 4.79 Å². The number of esters is 1. The number of rotatable bonds is 4. The van der Waals surface area contributed by atoms with Crippen molar-refractivity contribution in [2.45, 2.75) is 12.5 Å². The fraction of sp³-hybridized carbons (Fsp3) is 0.273. The maximum Gasteiger partial charge on any atom is 0.323 e. The standard InChI is InChI=1S/C11H14NO2/c1-2-14-11(13)10(12)8-9-6-4-3-5-7-9/h3-7,10H,1-2,8,12H2. The fourth-order valence-corrected chi connectivity index (χ4v) is 1.16. The molecule has 1 radical (unpaired) electrons. The average molecular weight is 192 g/mol. The minimum absolute atomic E-state index is 0.126. The SMILES string of the molecule is [CH2]COC(=O)C(N)Cc1ccccc1. The van der Waals surface area contributed by atoms with Crippen LogP contribution < -0.4 is 5.73 Å². The summed E-state index contributed by atoms with van der Waals surface area (Å²) in [5.41, 5.74) is 6.66. The Morgan fingerprint density at radius 3 is 2.64 bits per heavy atom. The number of hydrogen-bond acceptors (Lipinski definition) is 3. The van der Waals surface area contributed by atoms with Gasteiger partial charge in [0, 0.05) is 0 Å². The van der Waals surface area contributed by atoms with Crippen molar-refractivity contribution in [2.24, 2.45) is 5.73 Å². The van der Waals surface area contributed by atoms with Crippen LogP contribution in [0.5, 0.6) is 0 Å². The zero-order chi connectivity index (χ0) is 10.4. The van der Waals surface area contributed by atoms with Gasteiger partial charge >= 0.3 is 5.97 Å². The van der Waals surface area contributed by atoms with Gasteiger partial charge < -0.3 is 10.5 Å². The molecule has 1 atom stereocenters. The molecule has 0 aromatic heterocycles. The Hall–Kier alpha value is -1.35. The molecule has 75 valence electrons. The molecule has 0 saturated carbocycles. The zero-order valence-electron chi connectivity index (χ0n) is 7.98. The number of nitrogens with two attached hydrogens (primary N) is 1.